The summed E-state index contributed by atoms with van der Waals surface area (Å²) in [5.74, 6) is -0.187. The summed E-state index contributed by atoms with van der Waals surface area (Å²) in [7, 11) is -7.38. The third kappa shape index (κ3) is 4.86. The van der Waals surface area contributed by atoms with Gasteiger partial charge in [-0.15, -0.1) is 0 Å². The smallest absolute Gasteiger partial charge is 0.243 e. The molecule has 1 saturated heterocycles. The lowest BCUT2D eigenvalue weighted by molar-refractivity contribution is 0.0730. The summed E-state index contributed by atoms with van der Waals surface area (Å²) in [6.45, 7) is 2.95. The summed E-state index contributed by atoms with van der Waals surface area (Å²) in [4.78, 5) is 0.101. The molecule has 0 saturated carbocycles. The Morgan fingerprint density at radius 1 is 1.00 bits per heavy atom. The highest BCUT2D eigenvalue weighted by Gasteiger charge is 2.28. The second-order valence-electron chi connectivity index (χ2n) is 6.34. The molecule has 2 aromatic rings. The van der Waals surface area contributed by atoms with Crippen LogP contribution in [0.2, 0.25) is 0 Å². The zero-order valence-electron chi connectivity index (χ0n) is 15.0. The van der Waals surface area contributed by atoms with Gasteiger partial charge in [-0.1, -0.05) is 36.4 Å². The summed E-state index contributed by atoms with van der Waals surface area (Å²) in [6.07, 6.45) is 0. The van der Waals surface area contributed by atoms with Crippen molar-refractivity contribution in [1.82, 2.24) is 4.31 Å². The molecule has 9 heteroatoms. The Labute approximate surface area is 160 Å². The van der Waals surface area contributed by atoms with Gasteiger partial charge in [0, 0.05) is 18.8 Å². The van der Waals surface area contributed by atoms with Crippen molar-refractivity contribution in [2.45, 2.75) is 17.6 Å². The molecular formula is C18H22N2O5S2. The number of morpholine rings is 1. The number of nitrogens with zero attached hydrogens (tertiary/aromatic N) is 1. The largest absolute Gasteiger partial charge is 0.379 e. The molecule has 1 heterocycles. The van der Waals surface area contributed by atoms with Gasteiger partial charge in [-0.2, -0.15) is 4.31 Å². The highest BCUT2D eigenvalue weighted by Crippen LogP contribution is 2.25. The van der Waals surface area contributed by atoms with Crippen molar-refractivity contribution >= 4 is 25.7 Å². The fourth-order valence-electron chi connectivity index (χ4n) is 2.88. The van der Waals surface area contributed by atoms with Crippen molar-refractivity contribution in [2.75, 3.05) is 31.0 Å². The molecule has 0 atom stereocenters. The summed E-state index contributed by atoms with van der Waals surface area (Å²) in [6, 6.07) is 13.3. The maximum Gasteiger partial charge on any atom is 0.243 e. The molecule has 146 valence electrons. The Kier molecular flexibility index (Phi) is 5.85. The Morgan fingerprint density at radius 2 is 1.67 bits per heavy atom. The SMILES string of the molecule is Cc1ccc(NS(=O)(=O)Cc2ccccc2)cc1S(=O)(=O)N1CCOCC1. The second kappa shape index (κ2) is 7.97. The van der Waals surface area contributed by atoms with E-state index in [1.807, 2.05) is 6.07 Å². The van der Waals surface area contributed by atoms with E-state index in [-0.39, 0.29) is 29.4 Å². The first kappa shape index (κ1) is 19.8. The standard InChI is InChI=1S/C18H22N2O5S2/c1-15-7-8-17(19-26(21,22)14-16-5-3-2-4-6-16)13-18(15)27(23,24)20-9-11-25-12-10-20/h2-8,13,19H,9-12,14H2,1H3. The topological polar surface area (TPSA) is 92.8 Å². The number of hydrogen-bond donors (Lipinski definition) is 1. The predicted molar refractivity (Wildman–Crippen MR) is 103 cm³/mol. The van der Waals surface area contributed by atoms with Crippen LogP contribution in [0.25, 0.3) is 0 Å². The first-order chi connectivity index (χ1) is 12.8. The van der Waals surface area contributed by atoms with E-state index in [0.29, 0.717) is 24.3 Å². The minimum absolute atomic E-state index is 0.101. The van der Waals surface area contributed by atoms with Gasteiger partial charge >= 0.3 is 0 Å². The fourth-order valence-corrected chi connectivity index (χ4v) is 5.73. The Morgan fingerprint density at radius 3 is 2.33 bits per heavy atom. The average Bonchev–Trinajstić information content (AvgIpc) is 2.64. The highest BCUT2D eigenvalue weighted by molar-refractivity contribution is 7.92. The molecule has 1 aliphatic heterocycles. The Balaban J connectivity index is 1.84. The van der Waals surface area contributed by atoms with Gasteiger partial charge in [-0.25, -0.2) is 16.8 Å². The van der Waals surface area contributed by atoms with Crippen molar-refractivity contribution in [3.8, 4) is 0 Å². The van der Waals surface area contributed by atoms with E-state index in [2.05, 4.69) is 4.72 Å². The van der Waals surface area contributed by atoms with Crippen LogP contribution in [0.1, 0.15) is 11.1 Å². The van der Waals surface area contributed by atoms with Gasteiger partial charge in [-0.3, -0.25) is 4.72 Å². The molecule has 1 N–H and O–H groups in total. The van der Waals surface area contributed by atoms with Gasteiger partial charge in [0.2, 0.25) is 20.0 Å². The van der Waals surface area contributed by atoms with Crippen molar-refractivity contribution in [3.63, 3.8) is 0 Å². The van der Waals surface area contributed by atoms with Crippen LogP contribution in [0.3, 0.4) is 0 Å². The van der Waals surface area contributed by atoms with Crippen LogP contribution < -0.4 is 4.72 Å². The summed E-state index contributed by atoms with van der Waals surface area (Å²) in [5, 5.41) is 0. The fraction of sp³-hybridized carbons (Fsp3) is 0.333. The molecule has 0 unspecified atom stereocenters. The molecule has 1 aliphatic rings. The van der Waals surface area contributed by atoms with Crippen molar-refractivity contribution in [1.29, 1.82) is 0 Å². The molecule has 2 aromatic carbocycles. The number of benzene rings is 2. The maximum absolute atomic E-state index is 12.9. The first-order valence-corrected chi connectivity index (χ1v) is 11.6. The van der Waals surface area contributed by atoms with E-state index in [4.69, 9.17) is 4.74 Å². The molecule has 7 nitrogen and oxygen atoms in total. The molecule has 0 aromatic heterocycles. The lowest BCUT2D eigenvalue weighted by atomic mass is 10.2. The van der Waals surface area contributed by atoms with E-state index in [0.717, 1.165) is 0 Å². The summed E-state index contributed by atoms with van der Waals surface area (Å²) in [5.41, 5.74) is 1.44. The summed E-state index contributed by atoms with van der Waals surface area (Å²) < 4.78 is 59.7. The van der Waals surface area contributed by atoms with Gasteiger partial charge in [0.15, 0.2) is 0 Å². The zero-order chi connectivity index (χ0) is 19.5. The monoisotopic (exact) mass is 410 g/mol. The minimum Gasteiger partial charge on any atom is -0.379 e. The van der Waals surface area contributed by atoms with Crippen LogP contribution in [0.15, 0.2) is 53.4 Å². The molecule has 27 heavy (non-hydrogen) atoms. The number of aryl methyl sites for hydroxylation is 1. The van der Waals surface area contributed by atoms with Gasteiger partial charge < -0.3 is 4.74 Å². The van der Waals surface area contributed by atoms with E-state index >= 15 is 0 Å². The molecule has 0 spiro atoms. The molecule has 3 rings (SSSR count). The number of hydrogen-bond acceptors (Lipinski definition) is 5. The van der Waals surface area contributed by atoms with E-state index in [9.17, 15) is 16.8 Å². The normalized spacial score (nSPS) is 16.2. The van der Waals surface area contributed by atoms with Gasteiger partial charge in [0.05, 0.1) is 23.9 Å². The quantitative estimate of drug-likeness (QED) is 0.786. The maximum atomic E-state index is 12.9. The number of rotatable bonds is 6. The molecule has 0 bridgehead atoms. The van der Waals surface area contributed by atoms with Crippen LogP contribution in [0, 0.1) is 6.92 Å². The van der Waals surface area contributed by atoms with Gasteiger partial charge in [0.1, 0.15) is 0 Å². The number of nitrogens with one attached hydrogen (secondary N) is 1. The van der Waals surface area contributed by atoms with Crippen LogP contribution in [0.4, 0.5) is 5.69 Å². The van der Waals surface area contributed by atoms with Crippen LogP contribution in [-0.2, 0) is 30.5 Å². The molecular weight excluding hydrogens is 388 g/mol. The van der Waals surface area contributed by atoms with Crippen LogP contribution in [-0.4, -0.2) is 47.4 Å². The summed E-state index contributed by atoms with van der Waals surface area (Å²) >= 11 is 0. The van der Waals surface area contributed by atoms with Crippen LogP contribution in [0.5, 0.6) is 0 Å². The Bertz CT molecular complexity index is 999. The minimum atomic E-state index is -3.71. The number of ether oxygens (including phenoxy) is 1. The molecule has 1 fully saturated rings. The highest BCUT2D eigenvalue weighted by atomic mass is 32.2. The molecule has 0 aliphatic carbocycles. The second-order valence-corrected chi connectivity index (χ2v) is 9.97. The number of sulfonamides is 2. The van der Waals surface area contributed by atoms with Gasteiger partial charge in [-0.05, 0) is 30.2 Å². The van der Waals surface area contributed by atoms with Gasteiger partial charge in [0.25, 0.3) is 0 Å². The molecule has 0 amide bonds. The van der Waals surface area contributed by atoms with E-state index in [1.165, 1.54) is 10.4 Å². The lowest BCUT2D eigenvalue weighted by Crippen LogP contribution is -2.40. The average molecular weight is 411 g/mol. The van der Waals surface area contributed by atoms with E-state index < -0.39 is 20.0 Å². The third-order valence-electron chi connectivity index (χ3n) is 4.25. The predicted octanol–water partition coefficient (Wildman–Crippen LogP) is 1.96. The van der Waals surface area contributed by atoms with Crippen LogP contribution >= 0.6 is 0 Å². The van der Waals surface area contributed by atoms with Crippen molar-refractivity contribution in [3.05, 3.63) is 59.7 Å². The number of anilines is 1. The molecule has 0 radical (unpaired) electrons. The zero-order valence-corrected chi connectivity index (χ0v) is 16.6. The first-order valence-electron chi connectivity index (χ1n) is 8.51. The van der Waals surface area contributed by atoms with Crippen molar-refractivity contribution in [2.24, 2.45) is 0 Å². The lowest BCUT2D eigenvalue weighted by Gasteiger charge is -2.26. The van der Waals surface area contributed by atoms with E-state index in [1.54, 1.807) is 43.3 Å². The van der Waals surface area contributed by atoms with Crippen molar-refractivity contribution < 1.29 is 21.6 Å². The Hall–Kier alpha value is -1.94. The third-order valence-corrected chi connectivity index (χ3v) is 7.55.